The van der Waals surface area contributed by atoms with Crippen molar-refractivity contribution in [2.75, 3.05) is 37.7 Å². The topological polar surface area (TPSA) is 74.2 Å². The van der Waals surface area contributed by atoms with E-state index in [4.69, 9.17) is 0 Å². The molecule has 2 saturated heterocycles. The molecule has 3 rings (SSSR count). The molecular formula is C19H27N4O3+. The number of carbonyl (C=O) groups excluding carboxylic acids is 3. The number of amides is 3. The molecule has 0 radical (unpaired) electrons. The van der Waals surface area contributed by atoms with Crippen LogP contribution >= 0.6 is 0 Å². The van der Waals surface area contributed by atoms with Gasteiger partial charge in [-0.3, -0.25) is 9.59 Å². The molecule has 3 amide bonds. The molecule has 0 bridgehead atoms. The zero-order valence-corrected chi connectivity index (χ0v) is 15.5. The number of hydrogen-bond donors (Lipinski definition) is 2. The highest BCUT2D eigenvalue weighted by atomic mass is 16.2. The number of hydrogen-bond acceptors (Lipinski definition) is 4. The van der Waals surface area contributed by atoms with E-state index < -0.39 is 0 Å². The lowest BCUT2D eigenvalue weighted by Gasteiger charge is -2.34. The number of quaternary nitrogens is 1. The van der Waals surface area contributed by atoms with Crippen molar-refractivity contribution >= 4 is 23.4 Å². The SMILES string of the molecule is CCC[C@H]1NC(=O)N(C[NH+]2CCN(c3ccc(C(C)=O)cc3)CC2)C1=O. The van der Waals surface area contributed by atoms with E-state index in [0.717, 1.165) is 43.9 Å². The number of urea groups is 1. The Hall–Kier alpha value is -2.41. The quantitative estimate of drug-likeness (QED) is 0.565. The molecule has 0 spiro atoms. The summed E-state index contributed by atoms with van der Waals surface area (Å²) >= 11 is 0. The Labute approximate surface area is 153 Å². The van der Waals surface area contributed by atoms with Crippen LogP contribution in [-0.2, 0) is 4.79 Å². The predicted octanol–water partition coefficient (Wildman–Crippen LogP) is 0.272. The second-order valence-corrected chi connectivity index (χ2v) is 7.06. The highest BCUT2D eigenvalue weighted by Gasteiger charge is 2.39. The van der Waals surface area contributed by atoms with Crippen molar-refractivity contribution in [3.63, 3.8) is 0 Å². The van der Waals surface area contributed by atoms with Gasteiger partial charge in [0.2, 0.25) is 0 Å². The van der Waals surface area contributed by atoms with Crippen molar-refractivity contribution in [1.29, 1.82) is 0 Å². The first-order chi connectivity index (χ1) is 12.5. The van der Waals surface area contributed by atoms with Crippen molar-refractivity contribution in [3.8, 4) is 0 Å². The summed E-state index contributed by atoms with van der Waals surface area (Å²) in [5.74, 6) is -0.0210. The lowest BCUT2D eigenvalue weighted by atomic mass is 10.1. The number of imide groups is 1. The molecule has 2 N–H and O–H groups in total. The molecule has 2 fully saturated rings. The lowest BCUT2D eigenvalue weighted by Crippen LogP contribution is -3.16. The molecule has 2 aliphatic heterocycles. The van der Waals surface area contributed by atoms with Gasteiger partial charge in [0.15, 0.2) is 12.5 Å². The maximum Gasteiger partial charge on any atom is 0.329 e. The molecule has 7 nitrogen and oxygen atoms in total. The molecule has 140 valence electrons. The first-order valence-corrected chi connectivity index (χ1v) is 9.31. The summed E-state index contributed by atoms with van der Waals surface area (Å²) in [6.45, 7) is 7.46. The summed E-state index contributed by atoms with van der Waals surface area (Å²) in [4.78, 5) is 40.7. The monoisotopic (exact) mass is 359 g/mol. The fourth-order valence-corrected chi connectivity index (χ4v) is 3.58. The Balaban J connectivity index is 1.53. The minimum Gasteiger partial charge on any atom is -0.360 e. The van der Waals surface area contributed by atoms with Crippen LogP contribution in [0.5, 0.6) is 0 Å². The van der Waals surface area contributed by atoms with Gasteiger partial charge in [-0.2, -0.15) is 0 Å². The van der Waals surface area contributed by atoms with Gasteiger partial charge >= 0.3 is 6.03 Å². The second kappa shape index (κ2) is 7.86. The Morgan fingerprint density at radius 3 is 2.42 bits per heavy atom. The fourth-order valence-electron chi connectivity index (χ4n) is 3.58. The summed E-state index contributed by atoms with van der Waals surface area (Å²) < 4.78 is 0. The molecule has 1 atom stereocenters. The second-order valence-electron chi connectivity index (χ2n) is 7.06. The number of Topliss-reactive ketones (excluding diaryl/α,β-unsaturated/α-hetero) is 1. The highest BCUT2D eigenvalue weighted by Crippen LogP contribution is 2.16. The third-order valence-corrected chi connectivity index (χ3v) is 5.18. The van der Waals surface area contributed by atoms with E-state index in [9.17, 15) is 14.4 Å². The van der Waals surface area contributed by atoms with Crippen LogP contribution < -0.4 is 15.1 Å². The zero-order chi connectivity index (χ0) is 18.7. The molecule has 26 heavy (non-hydrogen) atoms. The van der Waals surface area contributed by atoms with E-state index in [1.165, 1.54) is 9.80 Å². The number of nitrogens with one attached hydrogen (secondary N) is 2. The van der Waals surface area contributed by atoms with Crippen molar-refractivity contribution in [2.45, 2.75) is 32.7 Å². The van der Waals surface area contributed by atoms with Gasteiger partial charge in [0.25, 0.3) is 5.91 Å². The van der Waals surface area contributed by atoms with Crippen LogP contribution in [-0.4, -0.2) is 61.5 Å². The van der Waals surface area contributed by atoms with E-state index in [2.05, 4.69) is 10.2 Å². The fraction of sp³-hybridized carbons (Fsp3) is 0.526. The third-order valence-electron chi connectivity index (χ3n) is 5.18. The van der Waals surface area contributed by atoms with Crippen LogP contribution in [0.4, 0.5) is 10.5 Å². The van der Waals surface area contributed by atoms with Gasteiger partial charge in [-0.15, -0.1) is 0 Å². The van der Waals surface area contributed by atoms with Gasteiger partial charge in [0.1, 0.15) is 6.04 Å². The van der Waals surface area contributed by atoms with Crippen LogP contribution in [0.1, 0.15) is 37.0 Å². The molecule has 2 heterocycles. The Kier molecular flexibility index (Phi) is 5.56. The first kappa shape index (κ1) is 18.4. The number of nitrogens with zero attached hydrogens (tertiary/aromatic N) is 2. The van der Waals surface area contributed by atoms with Crippen molar-refractivity contribution < 1.29 is 19.3 Å². The first-order valence-electron chi connectivity index (χ1n) is 9.31. The number of benzene rings is 1. The minimum atomic E-state index is -0.354. The molecule has 0 aliphatic carbocycles. The Morgan fingerprint density at radius 2 is 1.85 bits per heavy atom. The standard InChI is InChI=1S/C19H26N4O3/c1-3-4-17-18(25)23(19(26)20-17)13-21-9-11-22(12-10-21)16-7-5-15(6-8-16)14(2)24/h5-8,17H,3-4,9-13H2,1-2H3,(H,20,26)/p+1/t17-/m1/s1. The average molecular weight is 359 g/mol. The highest BCUT2D eigenvalue weighted by molar-refractivity contribution is 6.04. The van der Waals surface area contributed by atoms with Crippen molar-refractivity contribution in [2.24, 2.45) is 0 Å². The smallest absolute Gasteiger partial charge is 0.329 e. The van der Waals surface area contributed by atoms with Crippen LogP contribution in [0, 0.1) is 0 Å². The molecule has 2 aliphatic rings. The van der Waals surface area contributed by atoms with Gasteiger partial charge in [-0.1, -0.05) is 13.3 Å². The predicted molar refractivity (Wildman–Crippen MR) is 98.3 cm³/mol. The maximum atomic E-state index is 12.3. The molecular weight excluding hydrogens is 332 g/mol. The molecule has 1 aromatic rings. The van der Waals surface area contributed by atoms with Crippen molar-refractivity contribution in [3.05, 3.63) is 29.8 Å². The summed E-state index contributed by atoms with van der Waals surface area (Å²) in [6, 6.07) is 7.06. The van der Waals surface area contributed by atoms with E-state index in [1.54, 1.807) is 6.92 Å². The summed E-state index contributed by atoms with van der Waals surface area (Å²) in [7, 11) is 0. The number of carbonyl (C=O) groups is 3. The maximum absolute atomic E-state index is 12.3. The van der Waals surface area contributed by atoms with E-state index in [-0.39, 0.29) is 23.8 Å². The molecule has 7 heteroatoms. The Morgan fingerprint density at radius 1 is 1.19 bits per heavy atom. The van der Waals surface area contributed by atoms with Crippen molar-refractivity contribution in [1.82, 2.24) is 10.2 Å². The number of ketones is 1. The number of piperazine rings is 1. The van der Waals surface area contributed by atoms with E-state index in [1.807, 2.05) is 31.2 Å². The average Bonchev–Trinajstić information content (AvgIpc) is 2.90. The normalized spacial score (nSPS) is 21.2. The Bertz CT molecular complexity index is 681. The van der Waals surface area contributed by atoms with E-state index >= 15 is 0 Å². The largest absolute Gasteiger partial charge is 0.360 e. The van der Waals surface area contributed by atoms with Crippen LogP contribution in [0.3, 0.4) is 0 Å². The number of rotatable bonds is 6. The summed E-state index contributed by atoms with van der Waals surface area (Å²) in [6.07, 6.45) is 1.57. The van der Waals surface area contributed by atoms with Gasteiger partial charge in [-0.25, -0.2) is 9.69 Å². The summed E-state index contributed by atoms with van der Waals surface area (Å²) in [5.41, 5.74) is 1.82. The third kappa shape index (κ3) is 3.88. The molecule has 1 aromatic carbocycles. The van der Waals surface area contributed by atoms with Gasteiger partial charge < -0.3 is 15.1 Å². The van der Waals surface area contributed by atoms with E-state index in [0.29, 0.717) is 13.1 Å². The minimum absolute atomic E-state index is 0.0701. The van der Waals surface area contributed by atoms with Gasteiger partial charge in [0.05, 0.1) is 26.2 Å². The van der Waals surface area contributed by atoms with Crippen LogP contribution in [0.15, 0.2) is 24.3 Å². The molecule has 0 saturated carbocycles. The zero-order valence-electron chi connectivity index (χ0n) is 15.5. The lowest BCUT2D eigenvalue weighted by molar-refractivity contribution is -0.907. The van der Waals surface area contributed by atoms with Gasteiger partial charge in [0, 0.05) is 11.3 Å². The molecule has 0 unspecified atom stereocenters. The van der Waals surface area contributed by atoms with Gasteiger partial charge in [-0.05, 0) is 37.6 Å². The number of anilines is 1. The summed E-state index contributed by atoms with van der Waals surface area (Å²) in [5, 5.41) is 2.78. The molecule has 0 aromatic heterocycles. The van der Waals surface area contributed by atoms with Crippen LogP contribution in [0.2, 0.25) is 0 Å². The van der Waals surface area contributed by atoms with Crippen LogP contribution in [0.25, 0.3) is 0 Å².